The van der Waals surface area contributed by atoms with E-state index >= 15 is 0 Å². The van der Waals surface area contributed by atoms with E-state index in [4.69, 9.17) is 4.74 Å². The molecule has 1 heterocycles. The smallest absolute Gasteiger partial charge is 0.251 e. The molecular formula is C19H20N2O2S. The van der Waals surface area contributed by atoms with Crippen LogP contribution in [0.4, 0.5) is 5.00 Å². The first kappa shape index (κ1) is 16.7. The molecule has 2 aromatic rings. The molecule has 24 heavy (non-hydrogen) atoms. The number of nitrogens with zero attached hydrogens (tertiary/aromatic N) is 1. The van der Waals surface area contributed by atoms with Crippen molar-refractivity contribution in [1.29, 1.82) is 5.26 Å². The van der Waals surface area contributed by atoms with Gasteiger partial charge in [0.1, 0.15) is 17.7 Å². The molecule has 0 fully saturated rings. The minimum absolute atomic E-state index is 0.0131. The van der Waals surface area contributed by atoms with E-state index < -0.39 is 0 Å². The van der Waals surface area contributed by atoms with Gasteiger partial charge in [0.05, 0.1) is 12.2 Å². The third-order valence-corrected chi connectivity index (χ3v) is 5.48. The number of nitrogens with one attached hydrogen (secondary N) is 1. The molecule has 0 saturated heterocycles. The van der Waals surface area contributed by atoms with Crippen LogP contribution >= 0.6 is 11.3 Å². The van der Waals surface area contributed by atoms with Gasteiger partial charge in [-0.3, -0.25) is 4.79 Å². The number of amides is 1. The normalized spacial score (nSPS) is 12.7. The van der Waals surface area contributed by atoms with Gasteiger partial charge in [-0.1, -0.05) is 23.8 Å². The quantitative estimate of drug-likeness (QED) is 0.898. The van der Waals surface area contributed by atoms with Gasteiger partial charge in [0.15, 0.2) is 0 Å². The fourth-order valence-corrected chi connectivity index (χ4v) is 4.29. The Kier molecular flexibility index (Phi) is 4.98. The number of rotatable bonds is 5. The van der Waals surface area contributed by atoms with Gasteiger partial charge in [0, 0.05) is 4.88 Å². The first-order valence-corrected chi connectivity index (χ1v) is 8.88. The average Bonchev–Trinajstić information content (AvgIpc) is 3.09. The van der Waals surface area contributed by atoms with E-state index in [0.29, 0.717) is 17.2 Å². The second-order valence-corrected chi connectivity index (χ2v) is 7.25. The van der Waals surface area contributed by atoms with Crippen LogP contribution in [0.2, 0.25) is 0 Å². The van der Waals surface area contributed by atoms with E-state index in [0.717, 1.165) is 36.0 Å². The number of benzene rings is 1. The van der Waals surface area contributed by atoms with Crippen LogP contribution < -0.4 is 5.32 Å². The highest BCUT2D eigenvalue weighted by molar-refractivity contribution is 7.16. The zero-order chi connectivity index (χ0) is 17.1. The van der Waals surface area contributed by atoms with E-state index in [2.05, 4.69) is 24.4 Å². The Bertz CT molecular complexity index is 818. The molecule has 0 radical (unpaired) electrons. The molecule has 1 aliphatic carbocycles. The maximum atomic E-state index is 12.1. The Labute approximate surface area is 146 Å². The molecule has 0 unspecified atom stereocenters. The topological polar surface area (TPSA) is 62.1 Å². The van der Waals surface area contributed by atoms with Crippen LogP contribution in [-0.2, 0) is 29.0 Å². The first-order chi connectivity index (χ1) is 11.6. The number of hydrogen-bond donors (Lipinski definition) is 1. The van der Waals surface area contributed by atoms with Crippen LogP contribution in [0, 0.1) is 25.2 Å². The van der Waals surface area contributed by atoms with Gasteiger partial charge in [-0.25, -0.2) is 0 Å². The van der Waals surface area contributed by atoms with Gasteiger partial charge in [-0.05, 0) is 49.8 Å². The van der Waals surface area contributed by atoms with Crippen molar-refractivity contribution in [3.63, 3.8) is 0 Å². The molecule has 0 atom stereocenters. The van der Waals surface area contributed by atoms with E-state index in [-0.39, 0.29) is 12.5 Å². The van der Waals surface area contributed by atoms with Crippen molar-refractivity contribution in [3.8, 4) is 6.07 Å². The predicted molar refractivity (Wildman–Crippen MR) is 95.3 cm³/mol. The highest BCUT2D eigenvalue weighted by atomic mass is 32.1. The van der Waals surface area contributed by atoms with Gasteiger partial charge in [0.2, 0.25) is 0 Å². The molecule has 0 bridgehead atoms. The molecule has 1 aromatic carbocycles. The van der Waals surface area contributed by atoms with E-state index in [1.54, 1.807) is 0 Å². The maximum Gasteiger partial charge on any atom is 0.251 e. The second-order valence-electron chi connectivity index (χ2n) is 6.14. The Morgan fingerprint density at radius 2 is 2.21 bits per heavy atom. The van der Waals surface area contributed by atoms with Crippen LogP contribution in [0.3, 0.4) is 0 Å². The maximum absolute atomic E-state index is 12.1. The minimum Gasteiger partial charge on any atom is -0.367 e. The number of hydrogen-bond acceptors (Lipinski definition) is 4. The van der Waals surface area contributed by atoms with Gasteiger partial charge in [-0.15, -0.1) is 11.3 Å². The summed E-state index contributed by atoms with van der Waals surface area (Å²) in [7, 11) is 0. The fourth-order valence-electron chi connectivity index (χ4n) is 3.03. The molecular weight excluding hydrogens is 320 g/mol. The van der Waals surface area contributed by atoms with E-state index in [9.17, 15) is 10.1 Å². The van der Waals surface area contributed by atoms with Crippen molar-refractivity contribution in [3.05, 3.63) is 50.9 Å². The molecule has 4 nitrogen and oxygen atoms in total. The van der Waals surface area contributed by atoms with Crippen LogP contribution in [0.1, 0.15) is 39.1 Å². The van der Waals surface area contributed by atoms with Crippen molar-refractivity contribution in [2.24, 2.45) is 0 Å². The number of ether oxygens (including phenoxy) is 1. The summed E-state index contributed by atoms with van der Waals surface area (Å²) in [6.45, 7) is 4.49. The number of nitriles is 1. The lowest BCUT2D eigenvalue weighted by Crippen LogP contribution is -2.18. The lowest BCUT2D eigenvalue weighted by molar-refractivity contribution is -0.121. The zero-order valence-electron chi connectivity index (χ0n) is 13.9. The predicted octanol–water partition coefficient (Wildman–Crippen LogP) is 3.88. The summed E-state index contributed by atoms with van der Waals surface area (Å²) in [6.07, 6.45) is 3.05. The molecule has 1 amide bonds. The van der Waals surface area contributed by atoms with Crippen LogP contribution in [0.5, 0.6) is 0 Å². The summed E-state index contributed by atoms with van der Waals surface area (Å²) in [5, 5.41) is 12.8. The summed E-state index contributed by atoms with van der Waals surface area (Å²) in [5.74, 6) is -0.212. The fraction of sp³-hybridized carbons (Fsp3) is 0.368. The molecule has 1 aromatic heterocycles. The van der Waals surface area contributed by atoms with Crippen molar-refractivity contribution >= 4 is 22.2 Å². The second kappa shape index (κ2) is 7.16. The molecule has 3 rings (SSSR count). The van der Waals surface area contributed by atoms with E-state index in [1.807, 2.05) is 19.1 Å². The SMILES string of the molecule is Cc1ccc(COCC(=O)Nc2sc3c(c2C#N)CCC3)c(C)c1. The minimum atomic E-state index is -0.212. The summed E-state index contributed by atoms with van der Waals surface area (Å²) in [4.78, 5) is 13.3. The Balaban J connectivity index is 1.56. The van der Waals surface area contributed by atoms with Crippen molar-refractivity contribution in [2.75, 3.05) is 11.9 Å². The standard InChI is InChI=1S/C19H20N2O2S/c1-12-6-7-14(13(2)8-12)10-23-11-18(22)21-19-16(9-20)15-4-3-5-17(15)24-19/h6-8H,3-5,10-11H2,1-2H3,(H,21,22). The van der Waals surface area contributed by atoms with Gasteiger partial charge < -0.3 is 10.1 Å². The molecule has 1 aliphatic rings. The summed E-state index contributed by atoms with van der Waals surface area (Å²) in [6, 6.07) is 8.40. The van der Waals surface area contributed by atoms with Gasteiger partial charge >= 0.3 is 0 Å². The van der Waals surface area contributed by atoms with Gasteiger partial charge in [0.25, 0.3) is 5.91 Å². The van der Waals surface area contributed by atoms with Crippen LogP contribution in [-0.4, -0.2) is 12.5 Å². The lowest BCUT2D eigenvalue weighted by atomic mass is 10.1. The zero-order valence-corrected chi connectivity index (χ0v) is 14.8. The number of carbonyl (C=O) groups excluding carboxylic acids is 1. The van der Waals surface area contributed by atoms with Gasteiger partial charge in [-0.2, -0.15) is 5.26 Å². The highest BCUT2D eigenvalue weighted by Gasteiger charge is 2.23. The number of fused-ring (bicyclic) bond motifs is 1. The van der Waals surface area contributed by atoms with Crippen molar-refractivity contribution in [2.45, 2.75) is 39.7 Å². The number of aryl methyl sites for hydroxylation is 3. The molecule has 0 aliphatic heterocycles. The first-order valence-electron chi connectivity index (χ1n) is 8.07. The number of carbonyl (C=O) groups is 1. The summed E-state index contributed by atoms with van der Waals surface area (Å²) >= 11 is 1.53. The molecule has 124 valence electrons. The van der Waals surface area contributed by atoms with E-state index in [1.165, 1.54) is 21.8 Å². The molecule has 0 saturated carbocycles. The van der Waals surface area contributed by atoms with Crippen LogP contribution in [0.15, 0.2) is 18.2 Å². The monoisotopic (exact) mass is 340 g/mol. The Hall–Kier alpha value is -2.16. The lowest BCUT2D eigenvalue weighted by Gasteiger charge is -2.08. The summed E-state index contributed by atoms with van der Waals surface area (Å²) in [5.41, 5.74) is 5.21. The van der Waals surface area contributed by atoms with Crippen molar-refractivity contribution in [1.82, 2.24) is 0 Å². The van der Waals surface area contributed by atoms with Crippen LogP contribution in [0.25, 0.3) is 0 Å². The largest absolute Gasteiger partial charge is 0.367 e. The molecule has 5 heteroatoms. The average molecular weight is 340 g/mol. The Morgan fingerprint density at radius 3 is 2.96 bits per heavy atom. The summed E-state index contributed by atoms with van der Waals surface area (Å²) < 4.78 is 5.53. The highest BCUT2D eigenvalue weighted by Crippen LogP contribution is 2.38. The molecule has 0 spiro atoms. The molecule has 1 N–H and O–H groups in total. The van der Waals surface area contributed by atoms with Crippen molar-refractivity contribution < 1.29 is 9.53 Å². The third-order valence-electron chi connectivity index (χ3n) is 4.27. The Morgan fingerprint density at radius 1 is 1.38 bits per heavy atom. The number of thiophene rings is 1. The number of anilines is 1. The third kappa shape index (κ3) is 3.50.